The van der Waals surface area contributed by atoms with Gasteiger partial charge in [0.05, 0.1) is 19.9 Å². The molecule has 2 N–H and O–H groups in total. The fourth-order valence-corrected chi connectivity index (χ4v) is 1.99. The van der Waals surface area contributed by atoms with Crippen molar-refractivity contribution in [2.24, 2.45) is 0 Å². The van der Waals surface area contributed by atoms with Crippen LogP contribution in [0.1, 0.15) is 16.1 Å². The van der Waals surface area contributed by atoms with Gasteiger partial charge in [0.25, 0.3) is 5.91 Å². The van der Waals surface area contributed by atoms with Gasteiger partial charge in [0.2, 0.25) is 0 Å². The Labute approximate surface area is 143 Å². The number of rotatable bonds is 9. The van der Waals surface area contributed by atoms with Crippen molar-refractivity contribution in [3.05, 3.63) is 48.3 Å². The van der Waals surface area contributed by atoms with E-state index in [1.807, 2.05) is 0 Å². The minimum Gasteiger partial charge on any atom is -0.493 e. The Balaban J connectivity index is 1.99. The minimum atomic E-state index is -1.02. The molecule has 132 valence electrons. The molecule has 25 heavy (non-hydrogen) atoms. The maximum Gasteiger partial charge on any atom is 0.325 e. The van der Waals surface area contributed by atoms with Gasteiger partial charge in [-0.05, 0) is 18.2 Å². The van der Waals surface area contributed by atoms with Crippen LogP contribution in [0.5, 0.6) is 11.5 Å². The molecule has 1 amide bonds. The van der Waals surface area contributed by atoms with E-state index in [1.165, 1.54) is 18.0 Å². The number of hydrogen-bond acceptors (Lipinski definition) is 6. The predicted octanol–water partition coefficient (Wildman–Crippen LogP) is 0.866. The van der Waals surface area contributed by atoms with Gasteiger partial charge in [0.15, 0.2) is 11.5 Å². The lowest BCUT2D eigenvalue weighted by Crippen LogP contribution is -2.23. The summed E-state index contributed by atoms with van der Waals surface area (Å²) in [5, 5.41) is 18.8. The Kier molecular flexibility index (Phi) is 6.10. The Morgan fingerprint density at radius 1 is 1.40 bits per heavy atom. The largest absolute Gasteiger partial charge is 0.493 e. The number of ether oxygens (including phenoxy) is 2. The number of aliphatic carboxylic acids is 1. The predicted molar refractivity (Wildman–Crippen MR) is 87.5 cm³/mol. The van der Waals surface area contributed by atoms with E-state index in [-0.39, 0.29) is 19.0 Å². The molecular formula is C16H18N4O5. The molecule has 0 unspecified atom stereocenters. The summed E-state index contributed by atoms with van der Waals surface area (Å²) in [6.07, 6.45) is 3.07. The number of methoxy groups -OCH3 is 1. The molecular weight excluding hydrogens is 328 g/mol. The summed E-state index contributed by atoms with van der Waals surface area (Å²) in [5.41, 5.74) is 0.841. The molecule has 0 radical (unpaired) electrons. The quantitative estimate of drug-likeness (QED) is 0.647. The Morgan fingerprint density at radius 2 is 2.20 bits per heavy atom. The molecule has 0 aliphatic heterocycles. The molecule has 0 aliphatic carbocycles. The van der Waals surface area contributed by atoms with E-state index in [0.717, 1.165) is 0 Å². The number of aromatic nitrogens is 3. The molecule has 1 aromatic carbocycles. The third kappa shape index (κ3) is 5.06. The average molecular weight is 346 g/mol. The van der Waals surface area contributed by atoms with Gasteiger partial charge in [-0.15, -0.1) is 5.10 Å². The highest BCUT2D eigenvalue weighted by Gasteiger charge is 2.12. The van der Waals surface area contributed by atoms with Crippen LogP contribution in [0.2, 0.25) is 0 Å². The van der Waals surface area contributed by atoms with Crippen molar-refractivity contribution >= 4 is 11.9 Å². The molecule has 1 aromatic heterocycles. The number of hydrogen-bond donors (Lipinski definition) is 2. The van der Waals surface area contributed by atoms with E-state index in [4.69, 9.17) is 14.6 Å². The van der Waals surface area contributed by atoms with Crippen molar-refractivity contribution in [1.29, 1.82) is 0 Å². The average Bonchev–Trinajstić information content (AvgIpc) is 3.04. The van der Waals surface area contributed by atoms with Gasteiger partial charge in [0.1, 0.15) is 18.8 Å². The molecule has 0 saturated heterocycles. The lowest BCUT2D eigenvalue weighted by molar-refractivity contribution is -0.137. The van der Waals surface area contributed by atoms with E-state index in [9.17, 15) is 9.59 Å². The van der Waals surface area contributed by atoms with Crippen LogP contribution in [-0.4, -0.2) is 45.7 Å². The third-order valence-corrected chi connectivity index (χ3v) is 3.10. The van der Waals surface area contributed by atoms with Gasteiger partial charge in [-0.1, -0.05) is 17.9 Å². The SMILES string of the molecule is C=CCOc1ccc(C(=O)NCc2cn(CC(=O)O)nn2)cc1OC. The van der Waals surface area contributed by atoms with Gasteiger partial charge in [0, 0.05) is 5.56 Å². The Bertz CT molecular complexity index is 772. The number of carbonyl (C=O) groups is 2. The van der Waals surface area contributed by atoms with Gasteiger partial charge < -0.3 is 19.9 Å². The van der Waals surface area contributed by atoms with E-state index in [0.29, 0.717) is 29.4 Å². The van der Waals surface area contributed by atoms with Crippen molar-refractivity contribution in [2.45, 2.75) is 13.1 Å². The second kappa shape index (κ2) is 8.48. The molecule has 0 fully saturated rings. The summed E-state index contributed by atoms with van der Waals surface area (Å²) in [7, 11) is 1.48. The van der Waals surface area contributed by atoms with Crippen LogP contribution >= 0.6 is 0 Å². The van der Waals surface area contributed by atoms with Crippen LogP contribution in [0.3, 0.4) is 0 Å². The molecule has 0 spiro atoms. The van der Waals surface area contributed by atoms with Gasteiger partial charge in [-0.25, -0.2) is 4.68 Å². The summed E-state index contributed by atoms with van der Waals surface area (Å²) in [5.74, 6) is -0.412. The molecule has 0 bridgehead atoms. The second-order valence-electron chi connectivity index (χ2n) is 4.95. The number of nitrogens with zero attached hydrogens (tertiary/aromatic N) is 3. The molecule has 0 aliphatic rings. The van der Waals surface area contributed by atoms with Crippen molar-refractivity contribution in [3.8, 4) is 11.5 Å². The van der Waals surface area contributed by atoms with E-state index in [1.54, 1.807) is 24.3 Å². The van der Waals surface area contributed by atoms with Crippen LogP contribution in [-0.2, 0) is 17.9 Å². The summed E-state index contributed by atoms with van der Waals surface area (Å²) in [6.45, 7) is 3.73. The van der Waals surface area contributed by atoms with E-state index < -0.39 is 5.97 Å². The first-order chi connectivity index (χ1) is 12.0. The minimum absolute atomic E-state index is 0.121. The van der Waals surface area contributed by atoms with Crippen molar-refractivity contribution in [2.75, 3.05) is 13.7 Å². The summed E-state index contributed by atoms with van der Waals surface area (Å²) in [4.78, 5) is 22.8. The first kappa shape index (κ1) is 18.0. The molecule has 0 saturated carbocycles. The van der Waals surface area contributed by atoms with Gasteiger partial charge in [-0.2, -0.15) is 0 Å². The first-order valence-electron chi connectivity index (χ1n) is 7.34. The van der Waals surface area contributed by atoms with Gasteiger partial charge in [-0.3, -0.25) is 9.59 Å². The summed E-state index contributed by atoms with van der Waals surface area (Å²) in [6, 6.07) is 4.81. The highest BCUT2D eigenvalue weighted by molar-refractivity contribution is 5.94. The topological polar surface area (TPSA) is 116 Å². The molecule has 9 nitrogen and oxygen atoms in total. The normalized spacial score (nSPS) is 10.1. The zero-order valence-electron chi connectivity index (χ0n) is 13.6. The van der Waals surface area contributed by atoms with Crippen LogP contribution in [0.15, 0.2) is 37.1 Å². The maximum atomic E-state index is 12.2. The summed E-state index contributed by atoms with van der Waals surface area (Å²) < 4.78 is 11.8. The third-order valence-electron chi connectivity index (χ3n) is 3.10. The lowest BCUT2D eigenvalue weighted by atomic mass is 10.2. The fourth-order valence-electron chi connectivity index (χ4n) is 1.99. The smallest absolute Gasteiger partial charge is 0.325 e. The zero-order valence-corrected chi connectivity index (χ0v) is 13.6. The lowest BCUT2D eigenvalue weighted by Gasteiger charge is -2.11. The Hall–Kier alpha value is -3.36. The second-order valence-corrected chi connectivity index (χ2v) is 4.95. The molecule has 2 rings (SSSR count). The molecule has 2 aromatic rings. The van der Waals surface area contributed by atoms with Crippen LogP contribution < -0.4 is 14.8 Å². The highest BCUT2D eigenvalue weighted by Crippen LogP contribution is 2.28. The van der Waals surface area contributed by atoms with Crippen LogP contribution in [0.25, 0.3) is 0 Å². The highest BCUT2D eigenvalue weighted by atomic mass is 16.5. The molecule has 9 heteroatoms. The standard InChI is InChI=1S/C16H18N4O5/c1-3-6-25-13-5-4-11(7-14(13)24-2)16(23)17-8-12-9-20(19-18-12)10-15(21)22/h3-5,7,9H,1,6,8,10H2,2H3,(H,17,23)(H,21,22). The van der Waals surface area contributed by atoms with Crippen LogP contribution in [0, 0.1) is 0 Å². The summed E-state index contributed by atoms with van der Waals surface area (Å²) >= 11 is 0. The number of amides is 1. The fraction of sp³-hybridized carbons (Fsp3) is 0.250. The number of carbonyl (C=O) groups excluding carboxylic acids is 1. The van der Waals surface area contributed by atoms with E-state index >= 15 is 0 Å². The number of carboxylic acids is 1. The van der Waals surface area contributed by atoms with Crippen molar-refractivity contribution in [1.82, 2.24) is 20.3 Å². The van der Waals surface area contributed by atoms with Crippen LogP contribution in [0.4, 0.5) is 0 Å². The van der Waals surface area contributed by atoms with Gasteiger partial charge >= 0.3 is 5.97 Å². The van der Waals surface area contributed by atoms with E-state index in [2.05, 4.69) is 22.2 Å². The monoisotopic (exact) mass is 346 g/mol. The number of carboxylic acid groups (broad SMARTS) is 1. The van der Waals surface area contributed by atoms with Crippen molar-refractivity contribution < 1.29 is 24.2 Å². The molecule has 1 heterocycles. The number of nitrogens with one attached hydrogen (secondary N) is 1. The zero-order chi connectivity index (χ0) is 18.2. The first-order valence-corrected chi connectivity index (χ1v) is 7.34. The number of benzene rings is 1. The Morgan fingerprint density at radius 3 is 2.88 bits per heavy atom. The van der Waals surface area contributed by atoms with Crippen molar-refractivity contribution in [3.63, 3.8) is 0 Å². The molecule has 0 atom stereocenters. The maximum absolute atomic E-state index is 12.2.